The number of anilines is 1. The van der Waals surface area contributed by atoms with Crippen molar-refractivity contribution in [3.05, 3.63) is 28.2 Å². The van der Waals surface area contributed by atoms with Gasteiger partial charge in [-0.25, -0.2) is 0 Å². The van der Waals surface area contributed by atoms with Gasteiger partial charge in [0.15, 0.2) is 5.84 Å². The zero-order chi connectivity index (χ0) is 15.3. The summed E-state index contributed by atoms with van der Waals surface area (Å²) in [5.74, 6) is -0.226. The van der Waals surface area contributed by atoms with Gasteiger partial charge >= 0.3 is 6.18 Å². The molecule has 8 heteroatoms. The lowest BCUT2D eigenvalue weighted by molar-refractivity contribution is -0.119. The number of hydrogen-bond donors (Lipinski definition) is 2. The van der Waals surface area contributed by atoms with Crippen LogP contribution in [0.1, 0.15) is 18.9 Å². The smallest absolute Gasteiger partial charge is 0.405 e. The molecule has 1 aromatic carbocycles. The van der Waals surface area contributed by atoms with Gasteiger partial charge < -0.3 is 15.8 Å². The van der Waals surface area contributed by atoms with Crippen molar-refractivity contribution in [1.82, 2.24) is 0 Å². The number of amidine groups is 1. The molecule has 1 rings (SSSR count). The summed E-state index contributed by atoms with van der Waals surface area (Å²) >= 11 is 3.22. The number of nitrogens with two attached hydrogens (primary N) is 1. The third-order valence-electron chi connectivity index (χ3n) is 2.55. The lowest BCUT2D eigenvalue weighted by atomic mass is 10.1. The van der Waals surface area contributed by atoms with Gasteiger partial charge in [-0.05, 0) is 24.6 Å². The Morgan fingerprint density at radius 3 is 2.60 bits per heavy atom. The molecule has 0 unspecified atom stereocenters. The molecule has 0 bridgehead atoms. The van der Waals surface area contributed by atoms with E-state index in [0.717, 1.165) is 4.90 Å². The fourth-order valence-corrected chi connectivity index (χ4v) is 2.16. The summed E-state index contributed by atoms with van der Waals surface area (Å²) in [7, 11) is 0. The number of oxime groups is 1. The maximum atomic E-state index is 12.7. The van der Waals surface area contributed by atoms with Crippen molar-refractivity contribution in [1.29, 1.82) is 0 Å². The maximum absolute atomic E-state index is 12.7. The van der Waals surface area contributed by atoms with Crippen LogP contribution in [0.25, 0.3) is 0 Å². The Labute approximate surface area is 123 Å². The van der Waals surface area contributed by atoms with Gasteiger partial charge in [0, 0.05) is 22.3 Å². The van der Waals surface area contributed by atoms with Crippen LogP contribution in [0.4, 0.5) is 18.9 Å². The fourth-order valence-electron chi connectivity index (χ4n) is 1.81. The average Bonchev–Trinajstić information content (AvgIpc) is 2.35. The highest BCUT2D eigenvalue weighted by Crippen LogP contribution is 2.28. The van der Waals surface area contributed by atoms with Gasteiger partial charge in [-0.15, -0.1) is 0 Å². The van der Waals surface area contributed by atoms with Gasteiger partial charge in [-0.1, -0.05) is 28.0 Å². The Morgan fingerprint density at radius 1 is 1.45 bits per heavy atom. The SMILES string of the molecule is CCCN(CC(F)(F)F)c1cc(Br)ccc1/C(N)=N/O. The number of nitrogens with zero attached hydrogens (tertiary/aromatic N) is 2. The highest BCUT2D eigenvalue weighted by atomic mass is 79.9. The second-order valence-electron chi connectivity index (χ2n) is 4.18. The molecule has 0 aliphatic rings. The van der Waals surface area contributed by atoms with Crippen molar-refractivity contribution in [3.8, 4) is 0 Å². The predicted octanol–water partition coefficient (Wildman–Crippen LogP) is 3.32. The van der Waals surface area contributed by atoms with E-state index in [0.29, 0.717) is 10.9 Å². The highest BCUT2D eigenvalue weighted by Gasteiger charge is 2.31. The number of benzene rings is 1. The summed E-state index contributed by atoms with van der Waals surface area (Å²) in [4.78, 5) is 1.16. The Morgan fingerprint density at radius 2 is 2.10 bits per heavy atom. The third-order valence-corrected chi connectivity index (χ3v) is 3.04. The van der Waals surface area contributed by atoms with Gasteiger partial charge in [0.2, 0.25) is 0 Å². The number of alkyl halides is 3. The van der Waals surface area contributed by atoms with Crippen LogP contribution in [0.15, 0.2) is 27.8 Å². The molecule has 1 aromatic rings. The highest BCUT2D eigenvalue weighted by molar-refractivity contribution is 9.10. The quantitative estimate of drug-likeness (QED) is 0.369. The van der Waals surface area contributed by atoms with Crippen LogP contribution in [0.2, 0.25) is 0 Å². The van der Waals surface area contributed by atoms with E-state index in [1.807, 2.05) is 0 Å². The van der Waals surface area contributed by atoms with Crippen LogP contribution < -0.4 is 10.6 Å². The topological polar surface area (TPSA) is 61.8 Å². The number of halogens is 4. The van der Waals surface area contributed by atoms with Crippen LogP contribution in [-0.2, 0) is 0 Å². The van der Waals surface area contributed by atoms with Crippen molar-refractivity contribution in [3.63, 3.8) is 0 Å². The Hall–Kier alpha value is -1.44. The summed E-state index contributed by atoms with van der Waals surface area (Å²) in [5, 5.41) is 11.6. The van der Waals surface area contributed by atoms with Crippen molar-refractivity contribution in [2.75, 3.05) is 18.0 Å². The first-order valence-corrected chi connectivity index (χ1v) is 6.67. The van der Waals surface area contributed by atoms with Gasteiger partial charge in [0.25, 0.3) is 0 Å². The molecule has 0 aromatic heterocycles. The minimum atomic E-state index is -4.33. The van der Waals surface area contributed by atoms with E-state index in [9.17, 15) is 13.2 Å². The molecule has 0 amide bonds. The largest absolute Gasteiger partial charge is 0.409 e. The first-order chi connectivity index (χ1) is 9.28. The molecule has 0 aliphatic heterocycles. The summed E-state index contributed by atoms with van der Waals surface area (Å²) in [6, 6.07) is 4.65. The second kappa shape index (κ2) is 6.83. The average molecular weight is 354 g/mol. The van der Waals surface area contributed by atoms with Crippen LogP contribution >= 0.6 is 15.9 Å². The Balaban J connectivity index is 3.27. The van der Waals surface area contributed by atoms with Crippen LogP contribution in [0.5, 0.6) is 0 Å². The lowest BCUT2D eigenvalue weighted by Gasteiger charge is -2.27. The molecular weight excluding hydrogens is 339 g/mol. The van der Waals surface area contributed by atoms with Gasteiger partial charge in [0.1, 0.15) is 6.54 Å². The van der Waals surface area contributed by atoms with E-state index in [1.54, 1.807) is 13.0 Å². The molecule has 0 aliphatic carbocycles. The lowest BCUT2D eigenvalue weighted by Crippen LogP contribution is -2.36. The predicted molar refractivity (Wildman–Crippen MR) is 75.2 cm³/mol. The van der Waals surface area contributed by atoms with Gasteiger partial charge in [-0.2, -0.15) is 13.2 Å². The van der Waals surface area contributed by atoms with E-state index >= 15 is 0 Å². The Kier molecular flexibility index (Phi) is 5.67. The van der Waals surface area contributed by atoms with Crippen LogP contribution in [-0.4, -0.2) is 30.3 Å². The summed E-state index contributed by atoms with van der Waals surface area (Å²) in [6.07, 6.45) is -3.79. The molecule has 0 heterocycles. The molecular formula is C12H15BrF3N3O. The van der Waals surface area contributed by atoms with E-state index in [1.165, 1.54) is 12.1 Å². The molecule has 0 atom stereocenters. The van der Waals surface area contributed by atoms with Gasteiger partial charge in [0.05, 0.1) is 0 Å². The summed E-state index contributed by atoms with van der Waals surface area (Å²) < 4.78 is 38.6. The summed E-state index contributed by atoms with van der Waals surface area (Å²) in [5.41, 5.74) is 6.05. The first-order valence-electron chi connectivity index (χ1n) is 5.87. The molecule has 0 saturated heterocycles. The number of rotatable bonds is 5. The van der Waals surface area contributed by atoms with Crippen molar-refractivity contribution in [2.45, 2.75) is 19.5 Å². The van der Waals surface area contributed by atoms with E-state index < -0.39 is 12.7 Å². The van der Waals surface area contributed by atoms with Crippen LogP contribution in [0, 0.1) is 0 Å². The molecule has 0 saturated carbocycles. The first kappa shape index (κ1) is 16.6. The number of hydrogen-bond acceptors (Lipinski definition) is 3. The molecule has 0 spiro atoms. The molecule has 3 N–H and O–H groups in total. The molecule has 112 valence electrons. The van der Waals surface area contributed by atoms with Crippen molar-refractivity contribution >= 4 is 27.5 Å². The zero-order valence-corrected chi connectivity index (χ0v) is 12.4. The standard InChI is InChI=1S/C12H15BrF3N3O/c1-2-5-19(7-12(14,15)16)10-6-8(13)3-4-9(10)11(17)18-20/h3-4,6,20H,2,5,7H2,1H3,(H2,17,18). The maximum Gasteiger partial charge on any atom is 0.405 e. The van der Waals surface area contributed by atoms with E-state index in [2.05, 4.69) is 21.1 Å². The monoisotopic (exact) mass is 353 g/mol. The van der Waals surface area contributed by atoms with E-state index in [-0.39, 0.29) is 23.6 Å². The molecule has 20 heavy (non-hydrogen) atoms. The third kappa shape index (κ3) is 4.59. The Bertz CT molecular complexity index is 491. The van der Waals surface area contributed by atoms with Crippen molar-refractivity contribution < 1.29 is 18.4 Å². The zero-order valence-electron chi connectivity index (χ0n) is 10.8. The van der Waals surface area contributed by atoms with Gasteiger partial charge in [-0.3, -0.25) is 0 Å². The minimum absolute atomic E-state index is 0.210. The second-order valence-corrected chi connectivity index (χ2v) is 5.10. The van der Waals surface area contributed by atoms with Crippen LogP contribution in [0.3, 0.4) is 0 Å². The summed E-state index contributed by atoms with van der Waals surface area (Å²) in [6.45, 7) is 0.898. The normalized spacial score (nSPS) is 12.6. The molecule has 0 radical (unpaired) electrons. The van der Waals surface area contributed by atoms with Crippen molar-refractivity contribution in [2.24, 2.45) is 10.9 Å². The molecule has 4 nitrogen and oxygen atoms in total. The molecule has 0 fully saturated rings. The van der Waals surface area contributed by atoms with E-state index in [4.69, 9.17) is 10.9 Å². The minimum Gasteiger partial charge on any atom is -0.409 e. The fraction of sp³-hybridized carbons (Fsp3) is 0.417.